The number of allylic oxidation sites excluding steroid dienone is 1. The molecule has 1 nitrogen and oxygen atoms in total. The van der Waals surface area contributed by atoms with Crippen molar-refractivity contribution >= 4 is 0 Å². The van der Waals surface area contributed by atoms with Crippen LogP contribution in [0.2, 0.25) is 0 Å². The molecule has 1 aliphatic carbocycles. The van der Waals surface area contributed by atoms with E-state index in [0.717, 1.165) is 6.54 Å². The van der Waals surface area contributed by atoms with E-state index >= 15 is 0 Å². The lowest BCUT2D eigenvalue weighted by Crippen LogP contribution is -2.21. The van der Waals surface area contributed by atoms with Gasteiger partial charge in [0.25, 0.3) is 0 Å². The van der Waals surface area contributed by atoms with Crippen LogP contribution < -0.4 is 5.32 Å². The molecule has 0 fully saturated rings. The Balaban J connectivity index is 1.92. The third kappa shape index (κ3) is 3.70. The molecule has 1 aliphatic rings. The van der Waals surface area contributed by atoms with Crippen LogP contribution in [0.4, 0.5) is 0 Å². The first-order valence-electron chi connectivity index (χ1n) is 7.57. The number of benzene rings is 1. The zero-order chi connectivity index (χ0) is 13.8. The molecule has 1 aromatic carbocycles. The molecule has 1 N–H and O–H groups in total. The lowest BCUT2D eigenvalue weighted by molar-refractivity contribution is 0.570. The van der Waals surface area contributed by atoms with E-state index in [1.165, 1.54) is 47.9 Å². The zero-order valence-electron chi connectivity index (χ0n) is 12.8. The highest BCUT2D eigenvalue weighted by atomic mass is 14.9. The molecule has 0 spiro atoms. The predicted molar refractivity (Wildman–Crippen MR) is 83.6 cm³/mol. The fourth-order valence-electron chi connectivity index (χ4n) is 2.97. The van der Waals surface area contributed by atoms with Gasteiger partial charge in [0, 0.05) is 6.04 Å². The normalized spacial score (nSPS) is 16.5. The van der Waals surface area contributed by atoms with Crippen LogP contribution in [0.5, 0.6) is 0 Å². The highest BCUT2D eigenvalue weighted by Gasteiger charge is 2.10. The number of rotatable bonds is 5. The minimum Gasteiger partial charge on any atom is -0.310 e. The second-order valence-corrected chi connectivity index (χ2v) is 5.97. The fourth-order valence-corrected chi connectivity index (χ4v) is 2.97. The van der Waals surface area contributed by atoms with Gasteiger partial charge in [-0.15, -0.1) is 0 Å². The van der Waals surface area contributed by atoms with Crippen molar-refractivity contribution in [1.29, 1.82) is 0 Å². The number of aryl methyl sites for hydroxylation is 3. The average Bonchev–Trinajstić information content (AvgIpc) is 2.86. The molecular formula is C18H27N. The summed E-state index contributed by atoms with van der Waals surface area (Å²) in [4.78, 5) is 0. The summed E-state index contributed by atoms with van der Waals surface area (Å²) in [6.45, 7) is 9.99. The van der Waals surface area contributed by atoms with Gasteiger partial charge < -0.3 is 5.32 Å². The number of nitrogens with one attached hydrogen (secondary N) is 1. The minimum absolute atomic E-state index is 0.446. The van der Waals surface area contributed by atoms with Gasteiger partial charge in [0.15, 0.2) is 0 Å². The number of hydrogen-bond donors (Lipinski definition) is 1. The van der Waals surface area contributed by atoms with Gasteiger partial charge in [-0.3, -0.25) is 0 Å². The molecule has 1 heteroatoms. The largest absolute Gasteiger partial charge is 0.310 e. The monoisotopic (exact) mass is 257 g/mol. The maximum Gasteiger partial charge on any atom is 0.0294 e. The van der Waals surface area contributed by atoms with Crippen LogP contribution in [0.1, 0.15) is 60.9 Å². The van der Waals surface area contributed by atoms with E-state index in [0.29, 0.717) is 6.04 Å². The van der Waals surface area contributed by atoms with E-state index in [1.54, 1.807) is 5.57 Å². The van der Waals surface area contributed by atoms with E-state index in [4.69, 9.17) is 0 Å². The summed E-state index contributed by atoms with van der Waals surface area (Å²) in [5.74, 6) is 0. The van der Waals surface area contributed by atoms with Gasteiger partial charge in [-0.2, -0.15) is 0 Å². The van der Waals surface area contributed by atoms with Crippen molar-refractivity contribution in [3.05, 3.63) is 46.0 Å². The third-order valence-electron chi connectivity index (χ3n) is 4.38. The minimum atomic E-state index is 0.446. The van der Waals surface area contributed by atoms with E-state index in [1.807, 2.05) is 0 Å². The molecule has 104 valence electrons. The summed E-state index contributed by atoms with van der Waals surface area (Å²) >= 11 is 0. The Kier molecular flexibility index (Phi) is 4.81. The third-order valence-corrected chi connectivity index (χ3v) is 4.38. The van der Waals surface area contributed by atoms with Crippen molar-refractivity contribution in [2.24, 2.45) is 0 Å². The van der Waals surface area contributed by atoms with Gasteiger partial charge in [-0.05, 0) is 82.2 Å². The molecule has 0 bridgehead atoms. The summed E-state index contributed by atoms with van der Waals surface area (Å²) in [5, 5.41) is 3.67. The molecule has 1 aromatic rings. The molecule has 0 aliphatic heterocycles. The molecule has 0 amide bonds. The van der Waals surface area contributed by atoms with Crippen molar-refractivity contribution in [2.75, 3.05) is 6.54 Å². The van der Waals surface area contributed by atoms with Crippen molar-refractivity contribution in [3.63, 3.8) is 0 Å². The van der Waals surface area contributed by atoms with Crippen molar-refractivity contribution in [3.8, 4) is 0 Å². The Hall–Kier alpha value is -1.08. The van der Waals surface area contributed by atoms with E-state index in [9.17, 15) is 0 Å². The lowest BCUT2D eigenvalue weighted by atomic mass is 9.96. The van der Waals surface area contributed by atoms with Crippen molar-refractivity contribution in [2.45, 2.75) is 59.4 Å². The van der Waals surface area contributed by atoms with E-state index in [-0.39, 0.29) is 0 Å². The van der Waals surface area contributed by atoms with Crippen LogP contribution in [0, 0.1) is 20.8 Å². The van der Waals surface area contributed by atoms with Crippen LogP contribution in [0.3, 0.4) is 0 Å². The second-order valence-electron chi connectivity index (χ2n) is 5.97. The van der Waals surface area contributed by atoms with Crippen LogP contribution >= 0.6 is 0 Å². The first-order valence-corrected chi connectivity index (χ1v) is 7.57. The Morgan fingerprint density at radius 1 is 1.11 bits per heavy atom. The first kappa shape index (κ1) is 14.3. The lowest BCUT2D eigenvalue weighted by Gasteiger charge is -2.18. The Bertz CT molecular complexity index is 471. The molecule has 1 unspecified atom stereocenters. The maximum atomic E-state index is 3.67. The zero-order valence-corrected chi connectivity index (χ0v) is 12.8. The van der Waals surface area contributed by atoms with Crippen LogP contribution in [0.25, 0.3) is 0 Å². The standard InChI is InChI=1S/C18H27N/c1-13-11-15(3)18(12-14(13)2)16(4)19-10-9-17-7-5-6-8-17/h7,11-12,16,19H,5-6,8-10H2,1-4H3. The maximum absolute atomic E-state index is 3.67. The fraction of sp³-hybridized carbons (Fsp3) is 0.556. The van der Waals surface area contributed by atoms with Gasteiger partial charge in [0.05, 0.1) is 0 Å². The van der Waals surface area contributed by atoms with E-state index in [2.05, 4.69) is 51.2 Å². The van der Waals surface area contributed by atoms with E-state index < -0.39 is 0 Å². The van der Waals surface area contributed by atoms with Gasteiger partial charge >= 0.3 is 0 Å². The topological polar surface area (TPSA) is 12.0 Å². The first-order chi connectivity index (χ1) is 9.08. The van der Waals surface area contributed by atoms with Crippen LogP contribution in [-0.2, 0) is 0 Å². The summed E-state index contributed by atoms with van der Waals surface area (Å²) in [7, 11) is 0. The smallest absolute Gasteiger partial charge is 0.0294 e. The Morgan fingerprint density at radius 2 is 1.84 bits per heavy atom. The Morgan fingerprint density at radius 3 is 2.53 bits per heavy atom. The molecule has 19 heavy (non-hydrogen) atoms. The predicted octanol–water partition coefficient (Wildman–Crippen LogP) is 4.76. The molecule has 0 aromatic heterocycles. The SMILES string of the molecule is Cc1cc(C)c(C(C)NCCC2=CCCC2)cc1C. The molecular weight excluding hydrogens is 230 g/mol. The summed E-state index contributed by atoms with van der Waals surface area (Å²) in [6, 6.07) is 5.10. The quantitative estimate of drug-likeness (QED) is 0.750. The van der Waals surface area contributed by atoms with Crippen molar-refractivity contribution < 1.29 is 0 Å². The van der Waals surface area contributed by atoms with Gasteiger partial charge in [-0.25, -0.2) is 0 Å². The van der Waals surface area contributed by atoms with Crippen LogP contribution in [0.15, 0.2) is 23.8 Å². The molecule has 0 saturated heterocycles. The van der Waals surface area contributed by atoms with Gasteiger partial charge in [0.1, 0.15) is 0 Å². The summed E-state index contributed by atoms with van der Waals surface area (Å²) < 4.78 is 0. The molecule has 0 saturated carbocycles. The Labute approximate surface area is 118 Å². The van der Waals surface area contributed by atoms with Crippen molar-refractivity contribution in [1.82, 2.24) is 5.32 Å². The van der Waals surface area contributed by atoms with Crippen LogP contribution in [-0.4, -0.2) is 6.54 Å². The highest BCUT2D eigenvalue weighted by Crippen LogP contribution is 2.23. The molecule has 0 radical (unpaired) electrons. The summed E-state index contributed by atoms with van der Waals surface area (Å²) in [5.41, 5.74) is 7.29. The highest BCUT2D eigenvalue weighted by molar-refractivity contribution is 5.38. The molecule has 2 rings (SSSR count). The molecule has 0 heterocycles. The van der Waals surface area contributed by atoms with Gasteiger partial charge in [0.2, 0.25) is 0 Å². The summed E-state index contributed by atoms with van der Waals surface area (Å²) in [6.07, 6.45) is 7.61. The average molecular weight is 257 g/mol. The molecule has 1 atom stereocenters. The second kappa shape index (κ2) is 6.38. The van der Waals surface area contributed by atoms with Gasteiger partial charge in [-0.1, -0.05) is 23.8 Å². The number of hydrogen-bond acceptors (Lipinski definition) is 1.